The highest BCUT2D eigenvalue weighted by molar-refractivity contribution is 9.11. The first-order valence-corrected chi connectivity index (χ1v) is 7.31. The van der Waals surface area contributed by atoms with Crippen molar-refractivity contribution in [2.45, 2.75) is 38.9 Å². The second-order valence-electron chi connectivity index (χ2n) is 5.18. The Balaban J connectivity index is 2.06. The Labute approximate surface area is 110 Å². The van der Waals surface area contributed by atoms with Crippen molar-refractivity contribution in [3.63, 3.8) is 0 Å². The van der Waals surface area contributed by atoms with Gasteiger partial charge in [0.05, 0.1) is 3.79 Å². The van der Waals surface area contributed by atoms with Gasteiger partial charge < -0.3 is 5.32 Å². The van der Waals surface area contributed by atoms with Crippen LogP contribution in [0.4, 0.5) is 0 Å². The molecule has 0 amide bonds. The summed E-state index contributed by atoms with van der Waals surface area (Å²) in [7, 11) is 0. The first kappa shape index (κ1) is 12.6. The minimum atomic E-state index is 0.253. The highest BCUT2D eigenvalue weighted by Crippen LogP contribution is 2.27. The summed E-state index contributed by atoms with van der Waals surface area (Å²) in [6, 6.07) is 4.95. The molecule has 1 saturated heterocycles. The van der Waals surface area contributed by atoms with Crippen LogP contribution in [0.25, 0.3) is 0 Å². The maximum absolute atomic E-state index is 3.55. The van der Waals surface area contributed by atoms with Crippen molar-refractivity contribution < 1.29 is 0 Å². The van der Waals surface area contributed by atoms with Gasteiger partial charge in [-0.2, -0.15) is 0 Å². The van der Waals surface area contributed by atoms with Crippen LogP contribution in [0.1, 0.15) is 25.6 Å². The van der Waals surface area contributed by atoms with E-state index < -0.39 is 0 Å². The highest BCUT2D eigenvalue weighted by atomic mass is 79.9. The number of nitrogens with zero attached hydrogens (tertiary/aromatic N) is 1. The quantitative estimate of drug-likeness (QED) is 0.903. The van der Waals surface area contributed by atoms with Gasteiger partial charge in [-0.05, 0) is 48.8 Å². The third kappa shape index (κ3) is 2.86. The van der Waals surface area contributed by atoms with E-state index in [0.29, 0.717) is 6.04 Å². The lowest BCUT2D eigenvalue weighted by atomic mass is 9.98. The average Bonchev–Trinajstić information content (AvgIpc) is 2.59. The maximum atomic E-state index is 3.55. The van der Waals surface area contributed by atoms with Gasteiger partial charge in [-0.1, -0.05) is 0 Å². The number of halogens is 1. The molecule has 1 fully saturated rings. The lowest BCUT2D eigenvalue weighted by molar-refractivity contribution is 0.0636. The molecule has 2 nitrogen and oxygen atoms in total. The minimum absolute atomic E-state index is 0.253. The molecule has 1 N–H and O–H groups in total. The maximum Gasteiger partial charge on any atom is 0.0701 e. The van der Waals surface area contributed by atoms with Crippen LogP contribution in [0.3, 0.4) is 0 Å². The molecule has 0 aliphatic carbocycles. The summed E-state index contributed by atoms with van der Waals surface area (Å²) in [6.45, 7) is 10.1. The van der Waals surface area contributed by atoms with Crippen molar-refractivity contribution in [2.75, 3.05) is 13.1 Å². The summed E-state index contributed by atoms with van der Waals surface area (Å²) in [5.41, 5.74) is 0.253. The van der Waals surface area contributed by atoms with E-state index in [4.69, 9.17) is 0 Å². The molecule has 2 rings (SSSR count). The van der Waals surface area contributed by atoms with Crippen molar-refractivity contribution in [1.82, 2.24) is 10.2 Å². The largest absolute Gasteiger partial charge is 0.311 e. The summed E-state index contributed by atoms with van der Waals surface area (Å²) < 4.78 is 1.23. The third-order valence-electron chi connectivity index (χ3n) is 3.21. The Morgan fingerprint density at radius 1 is 1.56 bits per heavy atom. The zero-order chi connectivity index (χ0) is 11.8. The molecule has 1 aromatic rings. The summed E-state index contributed by atoms with van der Waals surface area (Å²) in [4.78, 5) is 4.01. The Bertz CT molecular complexity index is 362. The number of rotatable bonds is 2. The molecule has 1 unspecified atom stereocenters. The summed E-state index contributed by atoms with van der Waals surface area (Å²) >= 11 is 5.36. The number of thiophene rings is 1. The molecule has 1 aromatic heterocycles. The molecule has 4 heteroatoms. The van der Waals surface area contributed by atoms with Crippen molar-refractivity contribution in [2.24, 2.45) is 0 Å². The Hall–Kier alpha value is 0.1000. The summed E-state index contributed by atoms with van der Waals surface area (Å²) in [5, 5.41) is 3.55. The van der Waals surface area contributed by atoms with E-state index >= 15 is 0 Å². The van der Waals surface area contributed by atoms with Gasteiger partial charge in [0.2, 0.25) is 0 Å². The molecule has 90 valence electrons. The summed E-state index contributed by atoms with van der Waals surface area (Å²) in [6.07, 6.45) is 0. The van der Waals surface area contributed by atoms with Crippen molar-refractivity contribution in [3.05, 3.63) is 20.8 Å². The fraction of sp³-hybridized carbons (Fsp3) is 0.667. The molecular weight excluding hydrogens is 284 g/mol. The van der Waals surface area contributed by atoms with E-state index in [1.807, 2.05) is 11.3 Å². The predicted molar refractivity (Wildman–Crippen MR) is 74.0 cm³/mol. The van der Waals surface area contributed by atoms with Gasteiger partial charge in [0.1, 0.15) is 0 Å². The Kier molecular flexibility index (Phi) is 3.74. The molecule has 0 radical (unpaired) electrons. The van der Waals surface area contributed by atoms with E-state index in [1.54, 1.807) is 0 Å². The standard InChI is InChI=1S/C12H19BrN2S/c1-9-6-15(12(2,3)8-14-9)7-10-4-5-11(13)16-10/h4-5,9,14H,6-8H2,1-3H3. The van der Waals surface area contributed by atoms with Crippen LogP contribution in [0.15, 0.2) is 15.9 Å². The van der Waals surface area contributed by atoms with E-state index in [0.717, 1.165) is 19.6 Å². The highest BCUT2D eigenvalue weighted by Gasteiger charge is 2.32. The number of piperazine rings is 1. The molecule has 0 spiro atoms. The van der Waals surface area contributed by atoms with Crippen LogP contribution in [-0.2, 0) is 6.54 Å². The normalized spacial score (nSPS) is 25.9. The SMILES string of the molecule is CC1CN(Cc2ccc(Br)s2)C(C)(C)CN1. The molecule has 1 atom stereocenters. The van der Waals surface area contributed by atoms with E-state index in [-0.39, 0.29) is 5.54 Å². The molecule has 0 bridgehead atoms. The molecule has 0 saturated carbocycles. The van der Waals surface area contributed by atoms with Crippen molar-refractivity contribution >= 4 is 27.3 Å². The zero-order valence-corrected chi connectivity index (χ0v) is 12.5. The molecule has 0 aromatic carbocycles. The average molecular weight is 303 g/mol. The van der Waals surface area contributed by atoms with E-state index in [9.17, 15) is 0 Å². The van der Waals surface area contributed by atoms with Gasteiger partial charge in [0, 0.05) is 36.1 Å². The van der Waals surface area contributed by atoms with Gasteiger partial charge in [-0.25, -0.2) is 0 Å². The monoisotopic (exact) mass is 302 g/mol. The fourth-order valence-electron chi connectivity index (χ4n) is 2.08. The zero-order valence-electron chi connectivity index (χ0n) is 10.1. The van der Waals surface area contributed by atoms with Gasteiger partial charge in [-0.15, -0.1) is 11.3 Å². The molecule has 2 heterocycles. The second-order valence-corrected chi connectivity index (χ2v) is 7.73. The van der Waals surface area contributed by atoms with Gasteiger partial charge in [0.25, 0.3) is 0 Å². The molecule has 16 heavy (non-hydrogen) atoms. The van der Waals surface area contributed by atoms with Gasteiger partial charge >= 0.3 is 0 Å². The lowest BCUT2D eigenvalue weighted by Crippen LogP contribution is -2.60. The fourth-order valence-corrected chi connectivity index (χ4v) is 3.58. The van der Waals surface area contributed by atoms with Gasteiger partial charge in [0.15, 0.2) is 0 Å². The first-order valence-electron chi connectivity index (χ1n) is 5.70. The molecule has 1 aliphatic rings. The molecular formula is C12H19BrN2S. The van der Waals surface area contributed by atoms with Crippen LogP contribution in [0, 0.1) is 0 Å². The van der Waals surface area contributed by atoms with Crippen molar-refractivity contribution in [3.8, 4) is 0 Å². The first-order chi connectivity index (χ1) is 7.47. The van der Waals surface area contributed by atoms with Crippen LogP contribution in [0.5, 0.6) is 0 Å². The van der Waals surface area contributed by atoms with E-state index in [1.165, 1.54) is 8.66 Å². The van der Waals surface area contributed by atoms with Gasteiger partial charge in [-0.3, -0.25) is 4.90 Å². The second kappa shape index (κ2) is 4.77. The smallest absolute Gasteiger partial charge is 0.0701 e. The number of hydrogen-bond acceptors (Lipinski definition) is 3. The topological polar surface area (TPSA) is 15.3 Å². The third-order valence-corrected chi connectivity index (χ3v) is 4.82. The minimum Gasteiger partial charge on any atom is -0.311 e. The van der Waals surface area contributed by atoms with Crippen LogP contribution >= 0.6 is 27.3 Å². The Morgan fingerprint density at radius 3 is 2.94 bits per heavy atom. The number of nitrogens with one attached hydrogen (secondary N) is 1. The number of hydrogen-bond donors (Lipinski definition) is 1. The Morgan fingerprint density at radius 2 is 2.31 bits per heavy atom. The predicted octanol–water partition coefficient (Wildman–Crippen LogP) is 3.08. The van der Waals surface area contributed by atoms with Crippen LogP contribution in [-0.4, -0.2) is 29.6 Å². The summed E-state index contributed by atoms with van der Waals surface area (Å²) in [5.74, 6) is 0. The van der Waals surface area contributed by atoms with Crippen molar-refractivity contribution in [1.29, 1.82) is 0 Å². The van der Waals surface area contributed by atoms with Crippen LogP contribution in [0.2, 0.25) is 0 Å². The van der Waals surface area contributed by atoms with Crippen LogP contribution < -0.4 is 5.32 Å². The molecule has 1 aliphatic heterocycles. The van der Waals surface area contributed by atoms with E-state index in [2.05, 4.69) is 59.1 Å². The lowest BCUT2D eigenvalue weighted by Gasteiger charge is -2.45.